The normalized spacial score (nSPS) is 12.1. The average molecular weight is 237 g/mol. The Morgan fingerprint density at radius 2 is 1.88 bits per heavy atom. The summed E-state index contributed by atoms with van der Waals surface area (Å²) < 4.78 is 5.80. The highest BCUT2D eigenvalue weighted by molar-refractivity contribution is 6.48. The third-order valence-corrected chi connectivity index (χ3v) is 3.41. The zero-order valence-electron chi connectivity index (χ0n) is 11.0. The molecule has 0 aliphatic rings. The van der Waals surface area contributed by atoms with E-state index in [1.807, 2.05) is 12.1 Å². The Morgan fingerprint density at radius 1 is 1.25 bits per heavy atom. The molecule has 0 saturated heterocycles. The molecule has 0 atom stereocenters. The summed E-state index contributed by atoms with van der Waals surface area (Å²) in [6, 6.07) is 6.12. The van der Waals surface area contributed by atoms with Gasteiger partial charge in [0, 0.05) is 11.3 Å². The molecule has 16 heavy (non-hydrogen) atoms. The highest BCUT2D eigenvalue weighted by Crippen LogP contribution is 2.29. The summed E-state index contributed by atoms with van der Waals surface area (Å²) in [6.07, 6.45) is 0. The van der Waals surface area contributed by atoms with Crippen LogP contribution < -0.4 is 5.73 Å². The predicted octanol–water partition coefficient (Wildman–Crippen LogP) is 3.07. The van der Waals surface area contributed by atoms with E-state index in [0.29, 0.717) is 6.61 Å². The van der Waals surface area contributed by atoms with Crippen molar-refractivity contribution in [3.8, 4) is 0 Å². The third-order valence-electron chi connectivity index (χ3n) is 2.58. The lowest BCUT2D eigenvalue weighted by atomic mass is 9.83. The van der Waals surface area contributed by atoms with Gasteiger partial charge >= 0.3 is 0 Å². The fourth-order valence-electron chi connectivity index (χ4n) is 1.72. The van der Waals surface area contributed by atoms with Crippen molar-refractivity contribution in [2.45, 2.75) is 45.9 Å². The molecular weight excluding hydrogens is 214 g/mol. The van der Waals surface area contributed by atoms with Gasteiger partial charge in [0.05, 0.1) is 6.61 Å². The highest BCUT2D eigenvalue weighted by atomic mass is 28.3. The Morgan fingerprint density at radius 3 is 2.38 bits per heavy atom. The molecule has 0 heterocycles. The summed E-state index contributed by atoms with van der Waals surface area (Å²) in [6.45, 7) is 11.6. The number of anilines is 1. The van der Waals surface area contributed by atoms with Gasteiger partial charge < -0.3 is 10.2 Å². The second-order valence-electron chi connectivity index (χ2n) is 5.48. The molecule has 0 aliphatic carbocycles. The quantitative estimate of drug-likeness (QED) is 0.648. The van der Waals surface area contributed by atoms with Gasteiger partial charge in [0.1, 0.15) is 0 Å². The molecule has 0 fully saturated rings. The van der Waals surface area contributed by atoms with E-state index in [0.717, 1.165) is 11.3 Å². The summed E-state index contributed by atoms with van der Waals surface area (Å²) >= 11 is 0. The second kappa shape index (κ2) is 5.02. The van der Waals surface area contributed by atoms with E-state index in [1.165, 1.54) is 5.56 Å². The number of benzene rings is 1. The highest BCUT2D eigenvalue weighted by Gasteiger charge is 2.19. The average Bonchev–Trinajstić information content (AvgIpc) is 2.13. The van der Waals surface area contributed by atoms with Crippen LogP contribution in [0.1, 0.15) is 31.9 Å². The lowest BCUT2D eigenvalue weighted by Gasteiger charge is -2.24. The van der Waals surface area contributed by atoms with Crippen LogP contribution in [-0.2, 0) is 16.4 Å². The molecule has 3 heteroatoms. The molecule has 0 spiro atoms. The maximum atomic E-state index is 6.04. The van der Waals surface area contributed by atoms with Crippen LogP contribution in [0.4, 0.5) is 5.69 Å². The summed E-state index contributed by atoms with van der Waals surface area (Å²) in [5.74, 6) is 0. The number of nitrogens with two attached hydrogens (primary N) is 1. The molecule has 0 amide bonds. The van der Waals surface area contributed by atoms with Crippen molar-refractivity contribution in [1.82, 2.24) is 0 Å². The Labute approximate surface area is 101 Å². The van der Waals surface area contributed by atoms with Crippen molar-refractivity contribution in [3.63, 3.8) is 0 Å². The molecule has 0 unspecified atom stereocenters. The fraction of sp³-hybridized carbons (Fsp3) is 0.538. The SMILES string of the molecule is C[SiH](C)OCc1c(N)cccc1C(C)(C)C. The molecule has 0 aromatic heterocycles. The van der Waals surface area contributed by atoms with Gasteiger partial charge in [-0.25, -0.2) is 0 Å². The van der Waals surface area contributed by atoms with Crippen LogP contribution in [0, 0.1) is 0 Å². The van der Waals surface area contributed by atoms with Gasteiger partial charge in [-0.3, -0.25) is 0 Å². The molecule has 0 bridgehead atoms. The van der Waals surface area contributed by atoms with Gasteiger partial charge in [0.25, 0.3) is 0 Å². The molecule has 2 N–H and O–H groups in total. The molecule has 0 aliphatic heterocycles. The number of hydrogen-bond acceptors (Lipinski definition) is 2. The maximum Gasteiger partial charge on any atom is 0.171 e. The fourth-order valence-corrected chi connectivity index (χ4v) is 2.22. The Balaban J connectivity index is 3.04. The van der Waals surface area contributed by atoms with Gasteiger partial charge in [-0.15, -0.1) is 0 Å². The van der Waals surface area contributed by atoms with E-state index < -0.39 is 9.04 Å². The summed E-state index contributed by atoms with van der Waals surface area (Å²) in [7, 11) is -0.991. The number of rotatable bonds is 3. The molecule has 1 rings (SSSR count). The van der Waals surface area contributed by atoms with E-state index in [1.54, 1.807) is 0 Å². The van der Waals surface area contributed by atoms with Crippen LogP contribution in [-0.4, -0.2) is 9.04 Å². The standard InChI is InChI=1S/C13H23NOSi/c1-13(2,3)11-7-6-8-12(14)10(11)9-15-16(4)5/h6-8,16H,9,14H2,1-5H3. The largest absolute Gasteiger partial charge is 0.416 e. The minimum Gasteiger partial charge on any atom is -0.416 e. The van der Waals surface area contributed by atoms with Gasteiger partial charge in [-0.05, 0) is 30.1 Å². The minimum atomic E-state index is -0.991. The topological polar surface area (TPSA) is 35.2 Å². The first-order valence-corrected chi connectivity index (χ1v) is 8.60. The maximum absolute atomic E-state index is 6.04. The molecular formula is C13H23NOSi. The van der Waals surface area contributed by atoms with Crippen molar-refractivity contribution in [2.75, 3.05) is 5.73 Å². The van der Waals surface area contributed by atoms with Crippen LogP contribution in [0.25, 0.3) is 0 Å². The van der Waals surface area contributed by atoms with Gasteiger partial charge in [0.2, 0.25) is 0 Å². The van der Waals surface area contributed by atoms with Crippen LogP contribution in [0.5, 0.6) is 0 Å². The first kappa shape index (κ1) is 13.3. The number of hydrogen-bond donors (Lipinski definition) is 1. The van der Waals surface area contributed by atoms with Gasteiger partial charge in [-0.1, -0.05) is 32.9 Å². The molecule has 0 saturated carbocycles. The molecule has 1 aromatic rings. The van der Waals surface area contributed by atoms with Crippen molar-refractivity contribution in [1.29, 1.82) is 0 Å². The molecule has 90 valence electrons. The summed E-state index contributed by atoms with van der Waals surface area (Å²) in [5, 5.41) is 0. The Kier molecular flexibility index (Phi) is 4.16. The summed E-state index contributed by atoms with van der Waals surface area (Å²) in [5.41, 5.74) is 9.46. The second-order valence-corrected chi connectivity index (χ2v) is 7.91. The number of nitrogen functional groups attached to an aromatic ring is 1. The zero-order chi connectivity index (χ0) is 12.3. The van der Waals surface area contributed by atoms with E-state index in [-0.39, 0.29) is 5.41 Å². The van der Waals surface area contributed by atoms with E-state index in [2.05, 4.69) is 39.9 Å². The van der Waals surface area contributed by atoms with Crippen LogP contribution >= 0.6 is 0 Å². The lowest BCUT2D eigenvalue weighted by molar-refractivity contribution is 0.311. The molecule has 0 radical (unpaired) electrons. The van der Waals surface area contributed by atoms with Crippen LogP contribution in [0.2, 0.25) is 13.1 Å². The van der Waals surface area contributed by atoms with E-state index in [4.69, 9.17) is 10.2 Å². The third kappa shape index (κ3) is 3.35. The molecule has 2 nitrogen and oxygen atoms in total. The van der Waals surface area contributed by atoms with Crippen LogP contribution in [0.3, 0.4) is 0 Å². The first-order chi connectivity index (χ1) is 7.32. The first-order valence-electron chi connectivity index (χ1n) is 5.82. The zero-order valence-corrected chi connectivity index (χ0v) is 12.2. The van der Waals surface area contributed by atoms with E-state index in [9.17, 15) is 0 Å². The van der Waals surface area contributed by atoms with Gasteiger partial charge in [-0.2, -0.15) is 0 Å². The van der Waals surface area contributed by atoms with Crippen molar-refractivity contribution in [2.24, 2.45) is 0 Å². The smallest absolute Gasteiger partial charge is 0.171 e. The van der Waals surface area contributed by atoms with Crippen molar-refractivity contribution in [3.05, 3.63) is 29.3 Å². The predicted molar refractivity (Wildman–Crippen MR) is 73.2 cm³/mol. The lowest BCUT2D eigenvalue weighted by Crippen LogP contribution is -2.17. The summed E-state index contributed by atoms with van der Waals surface area (Å²) in [4.78, 5) is 0. The molecule has 1 aromatic carbocycles. The van der Waals surface area contributed by atoms with Crippen molar-refractivity contribution < 1.29 is 4.43 Å². The monoisotopic (exact) mass is 237 g/mol. The van der Waals surface area contributed by atoms with Gasteiger partial charge in [0.15, 0.2) is 9.04 Å². The Hall–Kier alpha value is -0.803. The van der Waals surface area contributed by atoms with Crippen molar-refractivity contribution >= 4 is 14.7 Å². The van der Waals surface area contributed by atoms with Crippen LogP contribution in [0.15, 0.2) is 18.2 Å². The van der Waals surface area contributed by atoms with E-state index >= 15 is 0 Å². The minimum absolute atomic E-state index is 0.118. The Bertz CT molecular complexity index is 355.